The van der Waals surface area contributed by atoms with Crippen LogP contribution in [0.15, 0.2) is 35.7 Å². The molecule has 0 saturated heterocycles. The Balaban J connectivity index is 1.47. The van der Waals surface area contributed by atoms with Crippen LogP contribution in [0.5, 0.6) is 0 Å². The number of hydrogen-bond acceptors (Lipinski definition) is 7. The molecule has 1 N–H and O–H groups in total. The van der Waals surface area contributed by atoms with E-state index in [0.717, 1.165) is 46.2 Å². The number of halogens is 3. The minimum Gasteiger partial charge on any atom is -0.297 e. The fourth-order valence-corrected chi connectivity index (χ4v) is 4.56. The lowest BCUT2D eigenvalue weighted by Gasteiger charge is -2.19. The number of nitrogens with zero attached hydrogens (tertiary/aromatic N) is 4. The lowest BCUT2D eigenvalue weighted by Crippen LogP contribution is -2.23. The first-order chi connectivity index (χ1) is 15.2. The maximum absolute atomic E-state index is 13.0. The van der Waals surface area contributed by atoms with E-state index < -0.39 is 23.6 Å². The van der Waals surface area contributed by atoms with Gasteiger partial charge in [-0.3, -0.25) is 19.8 Å². The van der Waals surface area contributed by atoms with Gasteiger partial charge in [0.1, 0.15) is 5.01 Å². The van der Waals surface area contributed by atoms with Gasteiger partial charge in [-0.25, -0.2) is 4.98 Å². The highest BCUT2D eigenvalue weighted by molar-refractivity contribution is 7.15. The minimum absolute atomic E-state index is 0.0534. The first kappa shape index (κ1) is 22.1. The second kappa shape index (κ2) is 8.79. The van der Waals surface area contributed by atoms with Crippen LogP contribution in [-0.4, -0.2) is 27.0 Å². The van der Waals surface area contributed by atoms with E-state index in [-0.39, 0.29) is 10.8 Å². The molecule has 0 aliphatic heterocycles. The van der Waals surface area contributed by atoms with Crippen molar-refractivity contribution in [2.75, 3.05) is 10.2 Å². The number of rotatable bonds is 6. The molecule has 0 bridgehead atoms. The molecule has 4 rings (SSSR count). The summed E-state index contributed by atoms with van der Waals surface area (Å²) in [5, 5.41) is 13.7. The van der Waals surface area contributed by atoms with Crippen LogP contribution < -0.4 is 10.2 Å². The van der Waals surface area contributed by atoms with Gasteiger partial charge in [-0.15, -0.1) is 21.5 Å². The van der Waals surface area contributed by atoms with Gasteiger partial charge in [-0.1, -0.05) is 17.4 Å². The third-order valence-corrected chi connectivity index (χ3v) is 6.30. The quantitative estimate of drug-likeness (QED) is 0.490. The predicted molar refractivity (Wildman–Crippen MR) is 116 cm³/mol. The average Bonchev–Trinajstić information content (AvgIpc) is 3.30. The Morgan fingerprint density at radius 1 is 1.25 bits per heavy atom. The molecule has 1 aliphatic carbocycles. The van der Waals surface area contributed by atoms with Gasteiger partial charge in [-0.05, 0) is 37.1 Å². The maximum Gasteiger partial charge on any atom is 0.416 e. The van der Waals surface area contributed by atoms with Crippen molar-refractivity contribution in [3.05, 3.63) is 52.0 Å². The zero-order valence-electron chi connectivity index (χ0n) is 16.6. The molecule has 7 nitrogen and oxygen atoms in total. The molecule has 0 spiro atoms. The summed E-state index contributed by atoms with van der Waals surface area (Å²) in [6, 6.07) is 4.46. The van der Waals surface area contributed by atoms with Crippen molar-refractivity contribution in [2.45, 2.75) is 31.9 Å². The summed E-state index contributed by atoms with van der Waals surface area (Å²) in [6.07, 6.45) is 0.357. The van der Waals surface area contributed by atoms with Crippen LogP contribution in [0.4, 0.5) is 29.1 Å². The van der Waals surface area contributed by atoms with Crippen molar-refractivity contribution in [2.24, 2.45) is 0 Å². The Morgan fingerprint density at radius 2 is 2.03 bits per heavy atom. The Bertz CT molecular complexity index is 1180. The van der Waals surface area contributed by atoms with Gasteiger partial charge in [0.25, 0.3) is 0 Å². The molecule has 1 aromatic carbocycles. The molecule has 0 radical (unpaired) electrons. The lowest BCUT2D eigenvalue weighted by molar-refractivity contribution is -0.137. The third-order valence-electron chi connectivity index (χ3n) is 4.45. The predicted octanol–water partition coefficient (Wildman–Crippen LogP) is 5.23. The van der Waals surface area contributed by atoms with Crippen LogP contribution in [0, 0.1) is 0 Å². The van der Waals surface area contributed by atoms with Gasteiger partial charge >= 0.3 is 6.18 Å². The lowest BCUT2D eigenvalue weighted by atomic mass is 10.2. The molecule has 2 amide bonds. The fourth-order valence-electron chi connectivity index (χ4n) is 2.79. The molecular weight excluding hydrogens is 463 g/mol. The molecule has 166 valence electrons. The number of benzene rings is 1. The summed E-state index contributed by atoms with van der Waals surface area (Å²) < 4.78 is 39.1. The number of carbonyl (C=O) groups excluding carboxylic acids is 2. The largest absolute Gasteiger partial charge is 0.416 e. The summed E-state index contributed by atoms with van der Waals surface area (Å²) in [7, 11) is 0. The molecule has 1 aliphatic rings. The van der Waals surface area contributed by atoms with Gasteiger partial charge in [0, 0.05) is 24.3 Å². The average molecular weight is 480 g/mol. The number of nitrogens with one attached hydrogen (secondary N) is 1. The van der Waals surface area contributed by atoms with Crippen LogP contribution >= 0.6 is 22.7 Å². The minimum atomic E-state index is -4.53. The molecule has 1 saturated carbocycles. The van der Waals surface area contributed by atoms with E-state index >= 15 is 0 Å². The highest BCUT2D eigenvalue weighted by atomic mass is 32.1. The van der Waals surface area contributed by atoms with Crippen LogP contribution in [0.3, 0.4) is 0 Å². The zero-order chi connectivity index (χ0) is 22.9. The van der Waals surface area contributed by atoms with E-state index in [1.165, 1.54) is 42.5 Å². The first-order valence-corrected chi connectivity index (χ1v) is 11.2. The maximum atomic E-state index is 13.0. The van der Waals surface area contributed by atoms with Crippen molar-refractivity contribution >= 4 is 56.5 Å². The van der Waals surface area contributed by atoms with Gasteiger partial charge in [0.15, 0.2) is 5.13 Å². The number of aromatic nitrogens is 3. The Kier molecular flexibility index (Phi) is 6.07. The highest BCUT2D eigenvalue weighted by Crippen LogP contribution is 2.42. The Morgan fingerprint density at radius 3 is 2.72 bits per heavy atom. The number of hydrogen-bond donors (Lipinski definition) is 1. The smallest absolute Gasteiger partial charge is 0.297 e. The van der Waals surface area contributed by atoms with Crippen molar-refractivity contribution in [1.82, 2.24) is 15.2 Å². The Labute approximate surface area is 188 Å². The number of amides is 2. The molecular formula is C20H16F3N5O2S2. The fraction of sp³-hybridized carbons (Fsp3) is 0.250. The zero-order valence-corrected chi connectivity index (χ0v) is 18.2. The summed E-state index contributed by atoms with van der Waals surface area (Å²) in [5.41, 5.74) is -0.428. The normalized spacial score (nSPS) is 14.0. The highest BCUT2D eigenvalue weighted by Gasteiger charge is 2.31. The van der Waals surface area contributed by atoms with Gasteiger partial charge in [-0.2, -0.15) is 13.2 Å². The molecule has 2 heterocycles. The monoisotopic (exact) mass is 479 g/mol. The van der Waals surface area contributed by atoms with E-state index in [0.29, 0.717) is 16.7 Å². The number of thiazole rings is 1. The van der Waals surface area contributed by atoms with E-state index in [4.69, 9.17) is 0 Å². The second-order valence-corrected chi connectivity index (χ2v) is 8.85. The molecule has 1 fully saturated rings. The molecule has 0 atom stereocenters. The molecule has 32 heavy (non-hydrogen) atoms. The van der Waals surface area contributed by atoms with Crippen molar-refractivity contribution in [1.29, 1.82) is 0 Å². The van der Waals surface area contributed by atoms with Crippen LogP contribution in [0.25, 0.3) is 6.08 Å². The molecule has 2 aromatic heterocycles. The summed E-state index contributed by atoms with van der Waals surface area (Å²) in [5.74, 6) is -0.461. The molecule has 12 heteroatoms. The number of anilines is 3. The second-order valence-electron chi connectivity index (χ2n) is 7.00. The third kappa shape index (κ3) is 5.19. The molecule has 0 unspecified atom stereocenters. The summed E-state index contributed by atoms with van der Waals surface area (Å²) in [6.45, 7) is 1.24. The van der Waals surface area contributed by atoms with Crippen LogP contribution in [-0.2, 0) is 15.8 Å². The van der Waals surface area contributed by atoms with Crippen LogP contribution in [0.2, 0.25) is 0 Å². The summed E-state index contributed by atoms with van der Waals surface area (Å²) in [4.78, 5) is 29.6. The number of carbonyl (C=O) groups is 2. The SMILES string of the molecule is CC(=O)N(c1cccc(C(F)(F)F)c1)c1nc(/C=C/C(=O)Nc2nnc(C3CC3)s2)cs1. The van der Waals surface area contributed by atoms with E-state index in [9.17, 15) is 22.8 Å². The molecule has 3 aromatic rings. The van der Waals surface area contributed by atoms with E-state index in [1.807, 2.05) is 0 Å². The first-order valence-electron chi connectivity index (χ1n) is 9.46. The number of alkyl halides is 3. The van der Waals surface area contributed by atoms with Crippen molar-refractivity contribution in [3.8, 4) is 0 Å². The van der Waals surface area contributed by atoms with E-state index in [1.54, 1.807) is 5.38 Å². The van der Waals surface area contributed by atoms with Crippen LogP contribution in [0.1, 0.15) is 41.9 Å². The van der Waals surface area contributed by atoms with Gasteiger partial charge in [0.05, 0.1) is 16.9 Å². The summed E-state index contributed by atoms with van der Waals surface area (Å²) >= 11 is 2.41. The van der Waals surface area contributed by atoms with Crippen molar-refractivity contribution < 1.29 is 22.8 Å². The topological polar surface area (TPSA) is 88.1 Å². The van der Waals surface area contributed by atoms with Gasteiger partial charge < -0.3 is 0 Å². The van der Waals surface area contributed by atoms with Crippen molar-refractivity contribution in [3.63, 3.8) is 0 Å². The van der Waals surface area contributed by atoms with Gasteiger partial charge in [0.2, 0.25) is 16.9 Å². The standard InChI is InChI=1S/C20H16F3N5O2S2/c1-11(29)28(15-4-2-3-13(9-15)20(21,22)23)19-24-14(10-31-19)7-8-16(30)25-18-27-26-17(32-18)12-5-6-12/h2-4,7-10,12H,5-6H2,1H3,(H,25,27,30)/b8-7+. The van der Waals surface area contributed by atoms with E-state index in [2.05, 4.69) is 20.5 Å². The Hall–Kier alpha value is -3.12.